The Morgan fingerprint density at radius 2 is 1.46 bits per heavy atom. The summed E-state index contributed by atoms with van der Waals surface area (Å²) in [5, 5.41) is 0. The number of hydrogen-bond donors (Lipinski definition) is 1. The quantitative estimate of drug-likeness (QED) is 0.409. The molecule has 0 bridgehead atoms. The molecule has 2 aromatic rings. The van der Waals surface area contributed by atoms with Crippen LogP contribution in [0.4, 0.5) is 5.69 Å². The number of fused-ring (bicyclic) bond motifs is 2. The summed E-state index contributed by atoms with van der Waals surface area (Å²) in [6, 6.07) is 7.59. The summed E-state index contributed by atoms with van der Waals surface area (Å²) < 4.78 is 27.5. The van der Waals surface area contributed by atoms with Crippen LogP contribution in [0.1, 0.15) is 31.8 Å². The third-order valence-electron chi connectivity index (χ3n) is 4.44. The zero-order valence-corrected chi connectivity index (χ0v) is 18.3. The third kappa shape index (κ3) is 3.37. The fraction of sp³-hybridized carbons (Fsp3) is 0.222. The van der Waals surface area contributed by atoms with E-state index in [9.17, 15) is 18.0 Å². The number of sulfonamides is 1. The Kier molecular flexibility index (Phi) is 6.17. The Morgan fingerprint density at radius 3 is 1.96 bits per heavy atom. The standard InChI is InChI=1S/C18H15BrCl2N2O4S/c19-12-9-13(28(26,27)23(7-5-20)8-6-21)16(22)15-14(12)17(24)10-3-1-2-4-11(10)18(15)25/h1-4,9H,5-8,22H2. The predicted molar refractivity (Wildman–Crippen MR) is 112 cm³/mol. The first-order valence-corrected chi connectivity index (χ1v) is 11.5. The van der Waals surface area contributed by atoms with Gasteiger partial charge in [0.2, 0.25) is 10.0 Å². The molecule has 2 N–H and O–H groups in total. The van der Waals surface area contributed by atoms with E-state index in [1.165, 1.54) is 12.1 Å². The molecule has 3 rings (SSSR count). The molecule has 6 nitrogen and oxygen atoms in total. The summed E-state index contributed by atoms with van der Waals surface area (Å²) in [6.07, 6.45) is 0. The van der Waals surface area contributed by atoms with Gasteiger partial charge in [0.05, 0.1) is 16.8 Å². The summed E-state index contributed by atoms with van der Waals surface area (Å²) in [6.45, 7) is 0.0565. The fourth-order valence-electron chi connectivity index (χ4n) is 3.14. The summed E-state index contributed by atoms with van der Waals surface area (Å²) in [4.78, 5) is 25.6. The van der Waals surface area contributed by atoms with Gasteiger partial charge in [-0.3, -0.25) is 9.59 Å². The number of nitrogens with two attached hydrogens (primary N) is 1. The SMILES string of the molecule is Nc1c(S(=O)(=O)N(CCCl)CCCl)cc(Br)c2c1C(=O)c1ccccc1C2=O. The van der Waals surface area contributed by atoms with Gasteiger partial charge in [0.15, 0.2) is 11.6 Å². The highest BCUT2D eigenvalue weighted by Crippen LogP contribution is 2.39. The van der Waals surface area contributed by atoms with E-state index in [1.54, 1.807) is 18.2 Å². The molecule has 148 valence electrons. The van der Waals surface area contributed by atoms with Crippen molar-refractivity contribution in [3.63, 3.8) is 0 Å². The number of nitrogen functional groups attached to an aromatic ring is 1. The van der Waals surface area contributed by atoms with Crippen LogP contribution in [-0.2, 0) is 10.0 Å². The van der Waals surface area contributed by atoms with E-state index in [4.69, 9.17) is 28.9 Å². The van der Waals surface area contributed by atoms with Crippen LogP contribution in [0, 0.1) is 0 Å². The highest BCUT2D eigenvalue weighted by molar-refractivity contribution is 9.10. The maximum Gasteiger partial charge on any atom is 0.245 e. The van der Waals surface area contributed by atoms with Crippen LogP contribution in [0.15, 0.2) is 39.7 Å². The average molecular weight is 506 g/mol. The molecule has 0 amide bonds. The zero-order valence-electron chi connectivity index (χ0n) is 14.4. The van der Waals surface area contributed by atoms with Gasteiger partial charge in [-0.15, -0.1) is 23.2 Å². The Bertz CT molecular complexity index is 1080. The van der Waals surface area contributed by atoms with Crippen molar-refractivity contribution in [2.45, 2.75) is 4.90 Å². The van der Waals surface area contributed by atoms with Crippen molar-refractivity contribution in [1.82, 2.24) is 4.31 Å². The summed E-state index contributed by atoms with van der Waals surface area (Å²) >= 11 is 14.7. The van der Waals surface area contributed by atoms with Gasteiger partial charge in [-0.1, -0.05) is 24.3 Å². The van der Waals surface area contributed by atoms with Crippen LogP contribution < -0.4 is 5.73 Å². The van der Waals surface area contributed by atoms with Crippen molar-refractivity contribution in [2.24, 2.45) is 0 Å². The highest BCUT2D eigenvalue weighted by atomic mass is 79.9. The average Bonchev–Trinajstić information content (AvgIpc) is 2.67. The minimum Gasteiger partial charge on any atom is -0.397 e. The lowest BCUT2D eigenvalue weighted by Gasteiger charge is -2.25. The molecule has 0 radical (unpaired) electrons. The van der Waals surface area contributed by atoms with E-state index in [1.807, 2.05) is 0 Å². The molecular formula is C18H15BrCl2N2O4S. The van der Waals surface area contributed by atoms with Crippen LogP contribution in [0.2, 0.25) is 0 Å². The molecule has 0 saturated heterocycles. The lowest BCUT2D eigenvalue weighted by atomic mass is 9.83. The Balaban J connectivity index is 2.25. The summed E-state index contributed by atoms with van der Waals surface area (Å²) in [5.41, 5.74) is 6.25. The van der Waals surface area contributed by atoms with Gasteiger partial charge in [0.1, 0.15) is 4.90 Å². The van der Waals surface area contributed by atoms with E-state index < -0.39 is 21.6 Å². The molecule has 0 heterocycles. The number of carbonyl (C=O) groups excluding carboxylic acids is 2. The van der Waals surface area contributed by atoms with Gasteiger partial charge < -0.3 is 5.73 Å². The van der Waals surface area contributed by atoms with E-state index in [2.05, 4.69) is 15.9 Å². The number of halogens is 3. The Hall–Kier alpha value is -1.45. The molecule has 1 aliphatic carbocycles. The lowest BCUT2D eigenvalue weighted by Crippen LogP contribution is -2.35. The first kappa shape index (κ1) is 21.3. The molecule has 10 heteroatoms. The number of benzene rings is 2. The summed E-state index contributed by atoms with van der Waals surface area (Å²) in [7, 11) is -4.08. The number of hydrogen-bond acceptors (Lipinski definition) is 5. The second-order valence-corrected chi connectivity index (χ2v) is 9.52. The van der Waals surface area contributed by atoms with E-state index in [-0.39, 0.29) is 62.2 Å². The molecule has 0 unspecified atom stereocenters. The van der Waals surface area contributed by atoms with Gasteiger partial charge in [0.25, 0.3) is 0 Å². The normalized spacial score (nSPS) is 13.6. The number of ketones is 2. The van der Waals surface area contributed by atoms with E-state index in [0.717, 1.165) is 4.31 Å². The molecular weight excluding hydrogens is 491 g/mol. The smallest absolute Gasteiger partial charge is 0.245 e. The largest absolute Gasteiger partial charge is 0.397 e. The number of carbonyl (C=O) groups is 2. The minimum absolute atomic E-state index is 0.0282. The second kappa shape index (κ2) is 8.12. The first-order chi connectivity index (χ1) is 13.3. The maximum atomic E-state index is 13.1. The Morgan fingerprint density at radius 1 is 0.964 bits per heavy atom. The summed E-state index contributed by atoms with van der Waals surface area (Å²) in [5.74, 6) is -0.771. The van der Waals surface area contributed by atoms with Crippen molar-refractivity contribution in [1.29, 1.82) is 0 Å². The van der Waals surface area contributed by atoms with Crippen molar-refractivity contribution >= 4 is 66.4 Å². The molecule has 0 aromatic heterocycles. The van der Waals surface area contributed by atoms with Crippen LogP contribution in [0.3, 0.4) is 0 Å². The molecule has 28 heavy (non-hydrogen) atoms. The molecule has 0 fully saturated rings. The second-order valence-electron chi connectivity index (χ2n) is 6.01. The van der Waals surface area contributed by atoms with Crippen LogP contribution in [0.25, 0.3) is 0 Å². The topological polar surface area (TPSA) is 97.5 Å². The van der Waals surface area contributed by atoms with Gasteiger partial charge in [-0.2, -0.15) is 4.31 Å². The molecule has 0 atom stereocenters. The number of anilines is 1. The molecule has 1 aliphatic rings. The van der Waals surface area contributed by atoms with Crippen molar-refractivity contribution < 1.29 is 18.0 Å². The predicted octanol–water partition coefficient (Wildman–Crippen LogP) is 3.28. The van der Waals surface area contributed by atoms with Crippen molar-refractivity contribution in [2.75, 3.05) is 30.6 Å². The molecule has 0 saturated carbocycles. The third-order valence-corrected chi connectivity index (χ3v) is 7.34. The van der Waals surface area contributed by atoms with Gasteiger partial charge >= 0.3 is 0 Å². The highest BCUT2D eigenvalue weighted by Gasteiger charge is 2.37. The minimum atomic E-state index is -4.08. The van der Waals surface area contributed by atoms with Crippen LogP contribution >= 0.6 is 39.1 Å². The van der Waals surface area contributed by atoms with Gasteiger partial charge in [-0.25, -0.2) is 8.42 Å². The number of nitrogens with zero attached hydrogens (tertiary/aromatic N) is 1. The zero-order chi connectivity index (χ0) is 20.6. The Labute approximate surface area is 180 Å². The van der Waals surface area contributed by atoms with Gasteiger partial charge in [-0.05, 0) is 22.0 Å². The molecule has 2 aromatic carbocycles. The monoisotopic (exact) mass is 504 g/mol. The number of alkyl halides is 2. The molecule has 0 aliphatic heterocycles. The maximum absolute atomic E-state index is 13.1. The van der Waals surface area contributed by atoms with E-state index >= 15 is 0 Å². The van der Waals surface area contributed by atoms with Crippen molar-refractivity contribution in [3.8, 4) is 0 Å². The molecule has 0 spiro atoms. The lowest BCUT2D eigenvalue weighted by molar-refractivity contribution is 0.0979. The van der Waals surface area contributed by atoms with Crippen LogP contribution in [-0.4, -0.2) is 49.1 Å². The van der Waals surface area contributed by atoms with Crippen LogP contribution in [0.5, 0.6) is 0 Å². The number of rotatable bonds is 6. The van der Waals surface area contributed by atoms with E-state index in [0.29, 0.717) is 0 Å². The van der Waals surface area contributed by atoms with Gasteiger partial charge in [0, 0.05) is 40.4 Å². The van der Waals surface area contributed by atoms with Crippen molar-refractivity contribution in [3.05, 3.63) is 57.1 Å². The fourth-order valence-corrected chi connectivity index (χ4v) is 6.10. The first-order valence-electron chi connectivity index (χ1n) is 8.18.